The molecule has 0 aliphatic heterocycles. The molecule has 0 spiro atoms. The predicted molar refractivity (Wildman–Crippen MR) is 131 cm³/mol. The quantitative estimate of drug-likeness (QED) is 0.335. The number of rotatable bonds is 12. The van der Waals surface area contributed by atoms with Gasteiger partial charge in [-0.25, -0.2) is 17.9 Å². The fourth-order valence-corrected chi connectivity index (χ4v) is 5.54. The average molecular weight is 508 g/mol. The van der Waals surface area contributed by atoms with Crippen LogP contribution in [-0.4, -0.2) is 75.4 Å². The van der Waals surface area contributed by atoms with Gasteiger partial charge in [-0.1, -0.05) is 13.8 Å². The summed E-state index contributed by atoms with van der Waals surface area (Å²) < 4.78 is 34.7. The summed E-state index contributed by atoms with van der Waals surface area (Å²) in [6, 6.07) is 4.28. The van der Waals surface area contributed by atoms with Crippen LogP contribution in [-0.2, 0) is 10.0 Å². The first-order valence-electron chi connectivity index (χ1n) is 11.7. The Balaban J connectivity index is 2.26. The number of aryl methyl sites for hydroxylation is 1. The van der Waals surface area contributed by atoms with E-state index < -0.39 is 28.8 Å². The van der Waals surface area contributed by atoms with Crippen molar-refractivity contribution in [2.24, 2.45) is 0 Å². The Morgan fingerprint density at radius 3 is 2.37 bits per heavy atom. The van der Waals surface area contributed by atoms with E-state index in [1.165, 1.54) is 18.2 Å². The van der Waals surface area contributed by atoms with Crippen LogP contribution < -0.4 is 10.3 Å². The number of aromatic nitrogens is 4. The van der Waals surface area contributed by atoms with Gasteiger partial charge in [-0.15, -0.1) is 5.10 Å². The molecular weight excluding hydrogens is 474 g/mol. The van der Waals surface area contributed by atoms with E-state index in [1.54, 1.807) is 18.4 Å². The summed E-state index contributed by atoms with van der Waals surface area (Å²) in [7, 11) is -4.05. The highest BCUT2D eigenvalue weighted by atomic mass is 32.2. The molecule has 0 aliphatic rings. The topological polar surface area (TPSA) is 150 Å². The van der Waals surface area contributed by atoms with Crippen molar-refractivity contribution < 1.29 is 23.4 Å². The van der Waals surface area contributed by atoms with Gasteiger partial charge in [-0.2, -0.15) is 4.31 Å². The molecule has 12 heteroatoms. The molecular formula is C23H33N5O6S. The van der Waals surface area contributed by atoms with Gasteiger partial charge in [-0.05, 0) is 44.9 Å². The molecule has 1 aromatic carbocycles. The SMILES string of the molecule is CCOc1ccc(S(=O)(=O)N(CCO)CCO)cc1-c1nn2c(C(CC)CC)nc(C)c2c(=O)[nH]1. The highest BCUT2D eigenvalue weighted by Gasteiger charge is 2.26. The second-order valence-corrected chi connectivity index (χ2v) is 10.0. The molecule has 2 aromatic heterocycles. The molecule has 0 radical (unpaired) electrons. The number of nitrogens with zero attached hydrogens (tertiary/aromatic N) is 4. The number of aromatic amines is 1. The summed E-state index contributed by atoms with van der Waals surface area (Å²) in [4.78, 5) is 20.3. The summed E-state index contributed by atoms with van der Waals surface area (Å²) in [5.74, 6) is 1.27. The number of sulfonamides is 1. The van der Waals surface area contributed by atoms with Gasteiger partial charge in [0.25, 0.3) is 5.56 Å². The van der Waals surface area contributed by atoms with Crippen LogP contribution in [0.25, 0.3) is 16.9 Å². The highest BCUT2D eigenvalue weighted by Crippen LogP contribution is 2.32. The number of imidazole rings is 1. The minimum Gasteiger partial charge on any atom is -0.493 e. The molecule has 0 saturated carbocycles. The number of hydrogen-bond acceptors (Lipinski definition) is 8. The van der Waals surface area contributed by atoms with E-state index in [4.69, 9.17) is 4.74 Å². The molecule has 0 fully saturated rings. The monoisotopic (exact) mass is 507 g/mol. The number of fused-ring (bicyclic) bond motifs is 1. The molecule has 0 bridgehead atoms. The summed E-state index contributed by atoms with van der Waals surface area (Å²) in [6.45, 7) is 6.83. The van der Waals surface area contributed by atoms with Crippen molar-refractivity contribution in [1.82, 2.24) is 23.9 Å². The molecule has 0 unspecified atom stereocenters. The zero-order valence-corrected chi connectivity index (χ0v) is 21.3. The van der Waals surface area contributed by atoms with E-state index in [0.29, 0.717) is 35.0 Å². The number of H-pyrrole nitrogens is 1. The zero-order valence-electron chi connectivity index (χ0n) is 20.5. The van der Waals surface area contributed by atoms with Gasteiger partial charge in [-0.3, -0.25) is 4.79 Å². The van der Waals surface area contributed by atoms with Crippen LogP contribution in [0.5, 0.6) is 5.75 Å². The summed E-state index contributed by atoms with van der Waals surface area (Å²) >= 11 is 0. The van der Waals surface area contributed by atoms with Crippen LogP contribution in [0.3, 0.4) is 0 Å². The average Bonchev–Trinajstić information content (AvgIpc) is 3.16. The number of benzene rings is 1. The van der Waals surface area contributed by atoms with Crippen molar-refractivity contribution in [3.63, 3.8) is 0 Å². The summed E-state index contributed by atoms with van der Waals surface area (Å²) in [5.41, 5.74) is 0.809. The van der Waals surface area contributed by atoms with Crippen molar-refractivity contribution in [1.29, 1.82) is 0 Å². The van der Waals surface area contributed by atoms with Gasteiger partial charge in [0.15, 0.2) is 11.3 Å². The van der Waals surface area contributed by atoms with Crippen molar-refractivity contribution in [3.05, 3.63) is 40.1 Å². The minimum atomic E-state index is -4.05. The molecule has 3 rings (SSSR count). The van der Waals surface area contributed by atoms with E-state index in [1.807, 2.05) is 13.8 Å². The second-order valence-electron chi connectivity index (χ2n) is 8.07. The van der Waals surface area contributed by atoms with E-state index in [2.05, 4.69) is 15.1 Å². The fourth-order valence-electron chi connectivity index (χ4n) is 4.09. The third-order valence-corrected chi connectivity index (χ3v) is 7.79. The minimum absolute atomic E-state index is 0.0809. The van der Waals surface area contributed by atoms with Crippen LogP contribution in [0.15, 0.2) is 27.9 Å². The highest BCUT2D eigenvalue weighted by molar-refractivity contribution is 7.89. The van der Waals surface area contributed by atoms with Gasteiger partial charge < -0.3 is 19.9 Å². The molecule has 0 saturated heterocycles. The van der Waals surface area contributed by atoms with Crippen molar-refractivity contribution >= 4 is 15.5 Å². The van der Waals surface area contributed by atoms with Gasteiger partial charge >= 0.3 is 0 Å². The zero-order chi connectivity index (χ0) is 25.8. The van der Waals surface area contributed by atoms with Gasteiger partial charge in [0, 0.05) is 19.0 Å². The van der Waals surface area contributed by atoms with Gasteiger partial charge in [0.1, 0.15) is 11.6 Å². The standard InChI is InChI=1S/C23H33N5O6S/c1-5-16(6-2)22-24-15(4)20-23(31)25-21(26-28(20)22)18-14-17(8-9-19(18)34-7-3)35(32,33)27(10-12-29)11-13-30/h8-9,14,16,29-30H,5-7,10-13H2,1-4H3,(H,25,26,31). The Labute approximate surface area is 204 Å². The Bertz CT molecular complexity index is 1320. The molecule has 2 heterocycles. The third kappa shape index (κ3) is 5.25. The maximum atomic E-state index is 13.2. The van der Waals surface area contributed by atoms with E-state index in [-0.39, 0.29) is 29.7 Å². The summed E-state index contributed by atoms with van der Waals surface area (Å²) in [6.07, 6.45) is 1.64. The fraction of sp³-hybridized carbons (Fsp3) is 0.522. The van der Waals surface area contributed by atoms with Crippen LogP contribution in [0.2, 0.25) is 0 Å². The Morgan fingerprint density at radius 2 is 1.80 bits per heavy atom. The Kier molecular flexibility index (Phi) is 8.65. The lowest BCUT2D eigenvalue weighted by molar-refractivity contribution is 0.217. The summed E-state index contributed by atoms with van der Waals surface area (Å²) in [5, 5.41) is 23.3. The number of nitrogens with one attached hydrogen (secondary N) is 1. The first kappa shape index (κ1) is 26.8. The molecule has 192 valence electrons. The lowest BCUT2D eigenvalue weighted by atomic mass is 10.0. The van der Waals surface area contributed by atoms with Crippen molar-refractivity contribution in [3.8, 4) is 17.1 Å². The molecule has 35 heavy (non-hydrogen) atoms. The van der Waals surface area contributed by atoms with Crippen LogP contribution in [0, 0.1) is 6.92 Å². The Morgan fingerprint density at radius 1 is 1.14 bits per heavy atom. The van der Waals surface area contributed by atoms with Gasteiger partial charge in [0.2, 0.25) is 10.0 Å². The van der Waals surface area contributed by atoms with E-state index in [9.17, 15) is 23.4 Å². The van der Waals surface area contributed by atoms with Gasteiger partial charge in [0.05, 0.1) is 36.0 Å². The lowest BCUT2D eigenvalue weighted by Gasteiger charge is -2.21. The molecule has 0 amide bonds. The molecule has 0 aliphatic carbocycles. The number of ether oxygens (including phenoxy) is 1. The van der Waals surface area contributed by atoms with E-state index in [0.717, 1.165) is 17.1 Å². The maximum Gasteiger partial charge on any atom is 0.277 e. The molecule has 3 aromatic rings. The molecule has 0 atom stereocenters. The molecule has 3 N–H and O–H groups in total. The second kappa shape index (κ2) is 11.3. The first-order chi connectivity index (χ1) is 16.7. The van der Waals surface area contributed by atoms with Crippen LogP contribution in [0.4, 0.5) is 0 Å². The maximum absolute atomic E-state index is 13.2. The van der Waals surface area contributed by atoms with E-state index >= 15 is 0 Å². The molecule has 11 nitrogen and oxygen atoms in total. The predicted octanol–water partition coefficient (Wildman–Crippen LogP) is 1.67. The smallest absolute Gasteiger partial charge is 0.277 e. The van der Waals surface area contributed by atoms with Crippen molar-refractivity contribution in [2.75, 3.05) is 32.9 Å². The number of aliphatic hydroxyl groups is 2. The number of aliphatic hydroxyl groups excluding tert-OH is 2. The normalized spacial score (nSPS) is 12.2. The first-order valence-corrected chi connectivity index (χ1v) is 13.2. The third-order valence-electron chi connectivity index (χ3n) is 5.89. The van der Waals surface area contributed by atoms with Crippen LogP contribution >= 0.6 is 0 Å². The lowest BCUT2D eigenvalue weighted by Crippen LogP contribution is -2.35. The largest absolute Gasteiger partial charge is 0.493 e. The number of hydrogen-bond donors (Lipinski definition) is 3. The van der Waals surface area contributed by atoms with Crippen molar-refractivity contribution in [2.45, 2.75) is 51.3 Å². The Hall–Kier alpha value is -2.80. The van der Waals surface area contributed by atoms with Crippen LogP contribution in [0.1, 0.15) is 51.0 Å².